The molecule has 0 unspecified atom stereocenters. The van der Waals surface area contributed by atoms with Crippen molar-refractivity contribution < 1.29 is 9.53 Å². The van der Waals surface area contributed by atoms with Gasteiger partial charge in [-0.05, 0) is 37.3 Å². The Hall–Kier alpha value is -3.04. The lowest BCUT2D eigenvalue weighted by atomic mass is 10.3. The Morgan fingerprint density at radius 2 is 1.90 bits per heavy atom. The first-order chi connectivity index (χ1) is 14.5. The van der Waals surface area contributed by atoms with Crippen molar-refractivity contribution in [2.75, 3.05) is 41.8 Å². The molecule has 2 aromatic heterocycles. The van der Waals surface area contributed by atoms with Crippen molar-refractivity contribution in [1.82, 2.24) is 15.2 Å². The molecule has 1 aliphatic rings. The molecule has 4 rings (SSSR count). The number of amides is 1. The average molecular weight is 425 g/mol. The molecule has 0 aliphatic carbocycles. The van der Waals surface area contributed by atoms with Crippen LogP contribution in [0.4, 0.5) is 23.0 Å². The number of carbonyl (C=O) groups is 1. The number of ether oxygens (including phenoxy) is 1. The van der Waals surface area contributed by atoms with E-state index in [-0.39, 0.29) is 5.91 Å². The van der Waals surface area contributed by atoms with Gasteiger partial charge in [0.2, 0.25) is 5.91 Å². The van der Waals surface area contributed by atoms with Crippen molar-refractivity contribution in [1.29, 1.82) is 0 Å². The molecule has 0 saturated carbocycles. The molecule has 3 heterocycles. The van der Waals surface area contributed by atoms with Crippen LogP contribution in [0, 0.1) is 6.92 Å². The summed E-state index contributed by atoms with van der Waals surface area (Å²) in [7, 11) is 0. The zero-order chi connectivity index (χ0) is 20.9. The quantitative estimate of drug-likeness (QED) is 0.554. The molecule has 1 amide bonds. The number of carbonyl (C=O) groups excluding carboxylic acids is 1. The van der Waals surface area contributed by atoms with Crippen molar-refractivity contribution >= 4 is 40.7 Å². The van der Waals surface area contributed by atoms with Crippen LogP contribution in [-0.4, -0.2) is 47.4 Å². The maximum absolute atomic E-state index is 11.2. The third-order valence-corrected chi connectivity index (χ3v) is 5.42. The van der Waals surface area contributed by atoms with Crippen molar-refractivity contribution in [2.24, 2.45) is 0 Å². The Morgan fingerprint density at radius 1 is 1.13 bits per heavy atom. The third kappa shape index (κ3) is 5.31. The van der Waals surface area contributed by atoms with Gasteiger partial charge < -0.3 is 20.3 Å². The van der Waals surface area contributed by atoms with Crippen LogP contribution in [0.3, 0.4) is 0 Å². The molecule has 30 heavy (non-hydrogen) atoms. The van der Waals surface area contributed by atoms with E-state index in [1.165, 1.54) is 6.92 Å². The average Bonchev–Trinajstić information content (AvgIpc) is 3.14. The van der Waals surface area contributed by atoms with Gasteiger partial charge >= 0.3 is 0 Å². The molecule has 1 aromatic carbocycles. The van der Waals surface area contributed by atoms with Gasteiger partial charge in [0.1, 0.15) is 10.8 Å². The molecular formula is C21H24N6O2S. The van der Waals surface area contributed by atoms with Crippen LogP contribution in [-0.2, 0) is 9.53 Å². The standard InChI is InChI=1S/C21H24N6O2S/c1-14-11-19(26-25-14)23-17-12-20(27-7-9-29-10-8-27)24-21(13-17)30-18-5-3-16(4-6-18)22-15(2)28/h3-6,11-13H,7-10H2,1-2H3,(H,22,28)(H2,23,24,25,26). The minimum Gasteiger partial charge on any atom is -0.378 e. The van der Waals surface area contributed by atoms with Gasteiger partial charge in [0.05, 0.1) is 13.2 Å². The number of aromatic amines is 1. The number of hydrogen-bond acceptors (Lipinski definition) is 7. The van der Waals surface area contributed by atoms with E-state index in [9.17, 15) is 4.79 Å². The van der Waals surface area contributed by atoms with Crippen LogP contribution >= 0.6 is 11.8 Å². The van der Waals surface area contributed by atoms with E-state index < -0.39 is 0 Å². The molecule has 1 aliphatic heterocycles. The predicted molar refractivity (Wildman–Crippen MR) is 119 cm³/mol. The molecule has 1 saturated heterocycles. The van der Waals surface area contributed by atoms with Crippen LogP contribution in [0.2, 0.25) is 0 Å². The predicted octanol–water partition coefficient (Wildman–Crippen LogP) is 3.80. The summed E-state index contributed by atoms with van der Waals surface area (Å²) in [5.74, 6) is 1.59. The van der Waals surface area contributed by atoms with Gasteiger partial charge in [-0.3, -0.25) is 9.89 Å². The fraction of sp³-hybridized carbons (Fsp3) is 0.286. The van der Waals surface area contributed by atoms with E-state index in [1.54, 1.807) is 11.8 Å². The number of H-pyrrole nitrogens is 1. The number of hydrogen-bond donors (Lipinski definition) is 3. The number of nitrogens with zero attached hydrogens (tertiary/aromatic N) is 3. The van der Waals surface area contributed by atoms with Gasteiger partial charge in [0.15, 0.2) is 5.82 Å². The van der Waals surface area contributed by atoms with Crippen LogP contribution in [0.25, 0.3) is 0 Å². The van der Waals surface area contributed by atoms with E-state index in [2.05, 4.69) is 25.7 Å². The lowest BCUT2D eigenvalue weighted by molar-refractivity contribution is -0.114. The maximum Gasteiger partial charge on any atom is 0.221 e. The Labute approximate surface area is 179 Å². The molecule has 156 valence electrons. The second kappa shape index (κ2) is 9.19. The zero-order valence-electron chi connectivity index (χ0n) is 16.9. The van der Waals surface area contributed by atoms with Gasteiger partial charge in [-0.1, -0.05) is 11.8 Å². The van der Waals surface area contributed by atoms with Crippen LogP contribution in [0.1, 0.15) is 12.6 Å². The fourth-order valence-corrected chi connectivity index (χ4v) is 3.97. The summed E-state index contributed by atoms with van der Waals surface area (Å²) >= 11 is 1.57. The largest absolute Gasteiger partial charge is 0.378 e. The molecule has 1 fully saturated rings. The van der Waals surface area contributed by atoms with Gasteiger partial charge in [0, 0.05) is 54.1 Å². The lowest BCUT2D eigenvalue weighted by Crippen LogP contribution is -2.36. The fourth-order valence-electron chi connectivity index (χ4n) is 3.13. The number of aromatic nitrogens is 3. The molecule has 8 nitrogen and oxygen atoms in total. The van der Waals surface area contributed by atoms with E-state index in [4.69, 9.17) is 9.72 Å². The smallest absolute Gasteiger partial charge is 0.221 e. The highest BCUT2D eigenvalue weighted by Crippen LogP contribution is 2.32. The SMILES string of the molecule is CC(=O)Nc1ccc(Sc2cc(Nc3cc(C)[nH]n3)cc(N3CCOCC3)n2)cc1. The molecule has 0 radical (unpaired) electrons. The molecule has 0 spiro atoms. The molecule has 0 atom stereocenters. The number of nitrogens with one attached hydrogen (secondary N) is 3. The number of aryl methyl sites for hydroxylation is 1. The first kappa shape index (κ1) is 20.2. The maximum atomic E-state index is 11.2. The molecule has 9 heteroatoms. The van der Waals surface area contributed by atoms with E-state index in [1.807, 2.05) is 49.4 Å². The Morgan fingerprint density at radius 3 is 2.57 bits per heavy atom. The molecule has 3 N–H and O–H groups in total. The summed E-state index contributed by atoms with van der Waals surface area (Å²) in [6.45, 7) is 6.49. The van der Waals surface area contributed by atoms with Crippen LogP contribution < -0.4 is 15.5 Å². The molecular weight excluding hydrogens is 400 g/mol. The minimum atomic E-state index is -0.0837. The summed E-state index contributed by atoms with van der Waals surface area (Å²) in [6, 6.07) is 13.7. The summed E-state index contributed by atoms with van der Waals surface area (Å²) in [5, 5.41) is 14.2. The Kier molecular flexibility index (Phi) is 6.20. The summed E-state index contributed by atoms with van der Waals surface area (Å²) in [4.78, 5) is 19.3. The van der Waals surface area contributed by atoms with Crippen molar-refractivity contribution in [3.63, 3.8) is 0 Å². The van der Waals surface area contributed by atoms with Crippen LogP contribution in [0.15, 0.2) is 52.4 Å². The van der Waals surface area contributed by atoms with E-state index in [0.29, 0.717) is 13.2 Å². The Bertz CT molecular complexity index is 1010. The minimum absolute atomic E-state index is 0.0837. The van der Waals surface area contributed by atoms with E-state index >= 15 is 0 Å². The second-order valence-corrected chi connectivity index (χ2v) is 8.11. The Balaban J connectivity index is 1.58. The molecule has 0 bridgehead atoms. The molecule has 3 aromatic rings. The van der Waals surface area contributed by atoms with Crippen molar-refractivity contribution in [2.45, 2.75) is 23.8 Å². The topological polar surface area (TPSA) is 95.2 Å². The number of rotatable bonds is 6. The highest BCUT2D eigenvalue weighted by Gasteiger charge is 2.15. The van der Waals surface area contributed by atoms with Gasteiger partial charge in [0.25, 0.3) is 0 Å². The number of pyridine rings is 1. The normalized spacial score (nSPS) is 13.9. The highest BCUT2D eigenvalue weighted by atomic mass is 32.2. The van der Waals surface area contributed by atoms with Gasteiger partial charge in [-0.2, -0.15) is 5.10 Å². The van der Waals surface area contributed by atoms with Gasteiger partial charge in [-0.15, -0.1) is 0 Å². The third-order valence-electron chi connectivity index (χ3n) is 4.50. The second-order valence-electron chi connectivity index (χ2n) is 7.02. The van der Waals surface area contributed by atoms with Crippen molar-refractivity contribution in [3.05, 3.63) is 48.2 Å². The van der Waals surface area contributed by atoms with Crippen LogP contribution in [0.5, 0.6) is 0 Å². The number of benzene rings is 1. The zero-order valence-corrected chi connectivity index (χ0v) is 17.8. The lowest BCUT2D eigenvalue weighted by Gasteiger charge is -2.28. The first-order valence-corrected chi connectivity index (χ1v) is 10.6. The number of anilines is 4. The van der Waals surface area contributed by atoms with Crippen molar-refractivity contribution in [3.8, 4) is 0 Å². The summed E-state index contributed by atoms with van der Waals surface area (Å²) < 4.78 is 5.48. The monoisotopic (exact) mass is 424 g/mol. The van der Waals surface area contributed by atoms with E-state index in [0.717, 1.165) is 51.7 Å². The first-order valence-electron chi connectivity index (χ1n) is 9.74. The summed E-state index contributed by atoms with van der Waals surface area (Å²) in [6.07, 6.45) is 0. The highest BCUT2D eigenvalue weighted by molar-refractivity contribution is 7.99. The number of morpholine rings is 1. The summed E-state index contributed by atoms with van der Waals surface area (Å²) in [5.41, 5.74) is 2.70. The van der Waals surface area contributed by atoms with Gasteiger partial charge in [-0.25, -0.2) is 4.98 Å².